The molecule has 0 saturated carbocycles. The van der Waals surface area contributed by atoms with E-state index in [0.717, 1.165) is 6.08 Å². The van der Waals surface area contributed by atoms with Gasteiger partial charge < -0.3 is 16.6 Å². The molecule has 0 aromatic rings. The lowest BCUT2D eigenvalue weighted by molar-refractivity contribution is -0.132. The summed E-state index contributed by atoms with van der Waals surface area (Å²) in [6.45, 7) is 0. The van der Waals surface area contributed by atoms with Gasteiger partial charge in [-0.05, 0) is 0 Å². The van der Waals surface area contributed by atoms with Gasteiger partial charge in [0, 0.05) is 6.08 Å². The number of hydrogen-bond donors (Lipinski definition) is 4. The zero-order valence-electron chi connectivity index (χ0n) is 4.59. The lowest BCUT2D eigenvalue weighted by Gasteiger charge is -1.89. The van der Waals surface area contributed by atoms with Crippen molar-refractivity contribution in [3.8, 4) is 0 Å². The lowest BCUT2D eigenvalue weighted by atomic mass is 10.4. The topological polar surface area (TPSA) is 113 Å². The molecule has 6 N–H and O–H groups in total. The molecule has 50 valence electrons. The Morgan fingerprint density at radius 3 is 2.11 bits per heavy atom. The SMILES string of the molecule is N=C(N)C=C(N)C(=O)O. The van der Waals surface area contributed by atoms with Crippen molar-refractivity contribution in [1.82, 2.24) is 0 Å². The minimum atomic E-state index is -1.27. The normalized spacial score (nSPS) is 10.9. The maximum absolute atomic E-state index is 9.89. The van der Waals surface area contributed by atoms with Crippen LogP contribution in [-0.2, 0) is 4.79 Å². The first-order valence-corrected chi connectivity index (χ1v) is 2.08. The molecule has 0 bridgehead atoms. The number of carboxylic acids is 1. The highest BCUT2D eigenvalue weighted by Gasteiger charge is 1.98. The first-order chi connectivity index (χ1) is 4.04. The molecule has 0 rings (SSSR count). The Balaban J connectivity index is 4.17. The number of carboxylic acid groups (broad SMARTS) is 1. The first-order valence-electron chi connectivity index (χ1n) is 2.08. The van der Waals surface area contributed by atoms with Gasteiger partial charge in [0.15, 0.2) is 0 Å². The summed E-state index contributed by atoms with van der Waals surface area (Å²) in [6, 6.07) is 0. The average molecular weight is 129 g/mol. The third-order valence-electron chi connectivity index (χ3n) is 0.558. The van der Waals surface area contributed by atoms with Crippen LogP contribution in [0.5, 0.6) is 0 Å². The van der Waals surface area contributed by atoms with E-state index in [1.54, 1.807) is 0 Å². The molecule has 0 radical (unpaired) electrons. The molecule has 5 heteroatoms. The van der Waals surface area contributed by atoms with Crippen molar-refractivity contribution >= 4 is 11.8 Å². The molecule has 0 aliphatic carbocycles. The predicted molar refractivity (Wildman–Crippen MR) is 31.8 cm³/mol. The van der Waals surface area contributed by atoms with Crippen LogP contribution in [-0.4, -0.2) is 16.9 Å². The van der Waals surface area contributed by atoms with E-state index in [1.165, 1.54) is 0 Å². The lowest BCUT2D eigenvalue weighted by Crippen LogP contribution is -2.15. The highest BCUT2D eigenvalue weighted by molar-refractivity contribution is 5.97. The molecule has 0 saturated heterocycles. The summed E-state index contributed by atoms with van der Waals surface area (Å²) >= 11 is 0. The van der Waals surface area contributed by atoms with Crippen molar-refractivity contribution in [2.75, 3.05) is 0 Å². The van der Waals surface area contributed by atoms with Gasteiger partial charge in [0.25, 0.3) is 0 Å². The van der Waals surface area contributed by atoms with Gasteiger partial charge in [0.05, 0.1) is 0 Å². The van der Waals surface area contributed by atoms with Gasteiger partial charge >= 0.3 is 5.97 Å². The van der Waals surface area contributed by atoms with E-state index in [4.69, 9.17) is 22.0 Å². The fourth-order valence-corrected chi connectivity index (χ4v) is 0.229. The van der Waals surface area contributed by atoms with Gasteiger partial charge in [-0.3, -0.25) is 5.41 Å². The molecule has 0 aromatic carbocycles. The van der Waals surface area contributed by atoms with E-state index in [0.29, 0.717) is 0 Å². The minimum absolute atomic E-state index is 0.366. The number of nitrogens with two attached hydrogens (primary N) is 2. The average Bonchev–Trinajstić information content (AvgIpc) is 1.63. The van der Waals surface area contributed by atoms with E-state index >= 15 is 0 Å². The molecule has 5 nitrogen and oxygen atoms in total. The van der Waals surface area contributed by atoms with Gasteiger partial charge in [-0.1, -0.05) is 0 Å². The Morgan fingerprint density at radius 2 is 2.00 bits per heavy atom. The summed E-state index contributed by atoms with van der Waals surface area (Å²) in [7, 11) is 0. The molecule has 9 heavy (non-hydrogen) atoms. The van der Waals surface area contributed by atoms with E-state index in [-0.39, 0.29) is 5.84 Å². The highest BCUT2D eigenvalue weighted by atomic mass is 16.4. The standard InChI is InChI=1S/C4H7N3O2/c5-2(4(8)9)1-3(6)7/h1H,5H2,(H3,6,7)(H,8,9). The molecule has 0 aliphatic heterocycles. The van der Waals surface area contributed by atoms with Crippen LogP contribution in [0.3, 0.4) is 0 Å². The Labute approximate surface area is 51.5 Å². The summed E-state index contributed by atoms with van der Waals surface area (Å²) in [4.78, 5) is 9.89. The van der Waals surface area contributed by atoms with Gasteiger partial charge in [-0.2, -0.15) is 0 Å². The second-order valence-electron chi connectivity index (χ2n) is 1.36. The Hall–Kier alpha value is -1.52. The zero-order chi connectivity index (χ0) is 7.44. The third-order valence-corrected chi connectivity index (χ3v) is 0.558. The van der Waals surface area contributed by atoms with E-state index < -0.39 is 11.7 Å². The molecule has 0 amide bonds. The predicted octanol–water partition coefficient (Wildman–Crippen LogP) is -1.15. The quantitative estimate of drug-likeness (QED) is 0.214. The minimum Gasteiger partial charge on any atom is -0.477 e. The van der Waals surface area contributed by atoms with Crippen LogP contribution in [0.25, 0.3) is 0 Å². The fourth-order valence-electron chi connectivity index (χ4n) is 0.229. The molecule has 0 aliphatic rings. The molecule has 0 unspecified atom stereocenters. The van der Waals surface area contributed by atoms with Crippen LogP contribution in [0.4, 0.5) is 0 Å². The van der Waals surface area contributed by atoms with E-state index in [1.807, 2.05) is 0 Å². The van der Waals surface area contributed by atoms with Crippen molar-refractivity contribution in [3.63, 3.8) is 0 Å². The van der Waals surface area contributed by atoms with Crippen molar-refractivity contribution in [1.29, 1.82) is 5.41 Å². The number of amidine groups is 1. The maximum atomic E-state index is 9.89. The van der Waals surface area contributed by atoms with Crippen LogP contribution < -0.4 is 11.5 Å². The number of hydrogen-bond acceptors (Lipinski definition) is 3. The van der Waals surface area contributed by atoms with Crippen LogP contribution in [0, 0.1) is 5.41 Å². The second kappa shape index (κ2) is 2.71. The Morgan fingerprint density at radius 1 is 1.56 bits per heavy atom. The Kier molecular flexibility index (Phi) is 2.25. The van der Waals surface area contributed by atoms with E-state index in [9.17, 15) is 4.79 Å². The smallest absolute Gasteiger partial charge is 0.351 e. The number of carbonyl (C=O) groups is 1. The second-order valence-corrected chi connectivity index (χ2v) is 1.36. The molecular weight excluding hydrogens is 122 g/mol. The summed E-state index contributed by atoms with van der Waals surface area (Å²) in [5.41, 5.74) is 9.22. The van der Waals surface area contributed by atoms with Crippen LogP contribution in [0.1, 0.15) is 0 Å². The first kappa shape index (κ1) is 7.48. The largest absolute Gasteiger partial charge is 0.477 e. The van der Waals surface area contributed by atoms with Gasteiger partial charge in [-0.25, -0.2) is 4.79 Å². The highest BCUT2D eigenvalue weighted by Crippen LogP contribution is 1.80. The Bertz CT molecular complexity index is 173. The molecule has 0 heterocycles. The molecule has 0 aromatic heterocycles. The van der Waals surface area contributed by atoms with Crippen LogP contribution >= 0.6 is 0 Å². The van der Waals surface area contributed by atoms with Gasteiger partial charge in [0.2, 0.25) is 0 Å². The third kappa shape index (κ3) is 3.10. The van der Waals surface area contributed by atoms with Crippen molar-refractivity contribution in [2.24, 2.45) is 11.5 Å². The van der Waals surface area contributed by atoms with Gasteiger partial charge in [0.1, 0.15) is 11.5 Å². The fraction of sp³-hybridized carbons (Fsp3) is 0. The molecular formula is C4H7N3O2. The molecule has 0 spiro atoms. The summed E-state index contributed by atoms with van der Waals surface area (Å²) < 4.78 is 0. The summed E-state index contributed by atoms with van der Waals surface area (Å²) in [5, 5.41) is 14.7. The number of nitrogens with one attached hydrogen (secondary N) is 1. The number of rotatable bonds is 2. The summed E-state index contributed by atoms with van der Waals surface area (Å²) in [5.74, 6) is -1.64. The van der Waals surface area contributed by atoms with Crippen molar-refractivity contribution in [2.45, 2.75) is 0 Å². The van der Waals surface area contributed by atoms with Gasteiger partial charge in [-0.15, -0.1) is 0 Å². The van der Waals surface area contributed by atoms with Crippen molar-refractivity contribution < 1.29 is 9.90 Å². The van der Waals surface area contributed by atoms with E-state index in [2.05, 4.69) is 0 Å². The molecule has 0 atom stereocenters. The number of aliphatic carboxylic acids is 1. The monoisotopic (exact) mass is 129 g/mol. The zero-order valence-corrected chi connectivity index (χ0v) is 4.59. The summed E-state index contributed by atoms with van der Waals surface area (Å²) in [6.07, 6.45) is 0.863. The maximum Gasteiger partial charge on any atom is 0.351 e. The van der Waals surface area contributed by atoms with Crippen LogP contribution in [0.2, 0.25) is 0 Å². The van der Waals surface area contributed by atoms with Crippen LogP contribution in [0.15, 0.2) is 11.8 Å². The van der Waals surface area contributed by atoms with Crippen molar-refractivity contribution in [3.05, 3.63) is 11.8 Å². The molecule has 0 fully saturated rings.